The highest BCUT2D eigenvalue weighted by molar-refractivity contribution is 7.89. The number of primary sulfonamides is 1. The van der Waals surface area contributed by atoms with Crippen LogP contribution in [-0.4, -0.2) is 35.6 Å². The summed E-state index contributed by atoms with van der Waals surface area (Å²) in [5.74, 6) is -0.338. The molecule has 1 amide bonds. The molecule has 27 heavy (non-hydrogen) atoms. The van der Waals surface area contributed by atoms with Gasteiger partial charge in [0.1, 0.15) is 5.69 Å². The van der Waals surface area contributed by atoms with Crippen LogP contribution in [0.5, 0.6) is 0 Å². The SMILES string of the molecule is CCn1cc(C(=O)NCCc2ccc(S(N)(=O)=O)cc2)c2n[nH]c(=O)c-2c1. The Morgan fingerprint density at radius 2 is 1.96 bits per heavy atom. The summed E-state index contributed by atoms with van der Waals surface area (Å²) in [7, 11) is -3.72. The van der Waals surface area contributed by atoms with Gasteiger partial charge in [0.2, 0.25) is 10.0 Å². The molecule has 3 rings (SSSR count). The maximum atomic E-state index is 12.5. The molecule has 2 aliphatic heterocycles. The molecular weight excluding hydrogens is 370 g/mol. The van der Waals surface area contributed by atoms with Crippen molar-refractivity contribution in [2.45, 2.75) is 24.8 Å². The number of H-pyrrole nitrogens is 1. The van der Waals surface area contributed by atoms with Gasteiger partial charge in [0, 0.05) is 25.5 Å². The van der Waals surface area contributed by atoms with Gasteiger partial charge in [-0.25, -0.2) is 18.7 Å². The van der Waals surface area contributed by atoms with Gasteiger partial charge in [-0.3, -0.25) is 9.59 Å². The van der Waals surface area contributed by atoms with E-state index in [1.807, 2.05) is 6.92 Å². The molecule has 0 atom stereocenters. The van der Waals surface area contributed by atoms with Crippen molar-refractivity contribution in [3.63, 3.8) is 0 Å². The first-order chi connectivity index (χ1) is 12.8. The fourth-order valence-corrected chi connectivity index (χ4v) is 3.22. The van der Waals surface area contributed by atoms with E-state index in [9.17, 15) is 18.0 Å². The van der Waals surface area contributed by atoms with E-state index < -0.39 is 10.0 Å². The van der Waals surface area contributed by atoms with Gasteiger partial charge in [0.15, 0.2) is 0 Å². The number of nitrogens with two attached hydrogens (primary N) is 1. The third kappa shape index (κ3) is 4.07. The van der Waals surface area contributed by atoms with E-state index in [-0.39, 0.29) is 16.4 Å². The number of aromatic nitrogens is 3. The van der Waals surface area contributed by atoms with E-state index in [0.29, 0.717) is 36.3 Å². The fraction of sp³-hybridized carbons (Fsp3) is 0.235. The Balaban J connectivity index is 1.69. The molecule has 9 nitrogen and oxygen atoms in total. The quantitative estimate of drug-likeness (QED) is 0.557. The lowest BCUT2D eigenvalue weighted by Crippen LogP contribution is -2.27. The number of carbonyl (C=O) groups is 1. The molecule has 2 heterocycles. The first kappa shape index (κ1) is 18.8. The number of carbonyl (C=O) groups excluding carboxylic acids is 1. The second kappa shape index (κ2) is 7.33. The lowest BCUT2D eigenvalue weighted by molar-refractivity contribution is 0.0953. The Bertz CT molecular complexity index is 1100. The maximum Gasteiger partial charge on any atom is 0.275 e. The predicted octanol–water partition coefficient (Wildman–Crippen LogP) is 0.316. The first-order valence-corrected chi connectivity index (χ1v) is 9.82. The van der Waals surface area contributed by atoms with Gasteiger partial charge < -0.3 is 9.88 Å². The lowest BCUT2D eigenvalue weighted by Gasteiger charge is -2.11. The number of aryl methyl sites for hydroxylation is 1. The number of fused-ring (bicyclic) bond motifs is 1. The number of sulfonamides is 1. The Morgan fingerprint density at radius 3 is 2.59 bits per heavy atom. The number of rotatable bonds is 6. The molecule has 0 unspecified atom stereocenters. The predicted molar refractivity (Wildman–Crippen MR) is 99.0 cm³/mol. The molecule has 0 saturated carbocycles. The van der Waals surface area contributed by atoms with Crippen LogP contribution in [0.15, 0.2) is 46.3 Å². The Morgan fingerprint density at radius 1 is 1.26 bits per heavy atom. The number of hydrogen-bond acceptors (Lipinski definition) is 5. The lowest BCUT2D eigenvalue weighted by atomic mass is 10.1. The minimum Gasteiger partial charge on any atom is -0.353 e. The Hall–Kier alpha value is -2.98. The van der Waals surface area contributed by atoms with Crippen molar-refractivity contribution < 1.29 is 13.2 Å². The van der Waals surface area contributed by atoms with Crippen molar-refractivity contribution >= 4 is 15.9 Å². The number of pyridine rings is 1. The van der Waals surface area contributed by atoms with Crippen molar-refractivity contribution in [2.24, 2.45) is 5.14 Å². The highest BCUT2D eigenvalue weighted by Crippen LogP contribution is 2.19. The van der Waals surface area contributed by atoms with Gasteiger partial charge >= 0.3 is 0 Å². The summed E-state index contributed by atoms with van der Waals surface area (Å²) >= 11 is 0. The van der Waals surface area contributed by atoms with E-state index >= 15 is 0 Å². The zero-order valence-electron chi connectivity index (χ0n) is 14.6. The van der Waals surface area contributed by atoms with E-state index in [1.54, 1.807) is 29.1 Å². The molecular formula is C17H19N5O4S. The molecule has 1 aromatic rings. The van der Waals surface area contributed by atoms with Crippen LogP contribution in [0.4, 0.5) is 0 Å². The molecule has 1 aromatic carbocycles. The van der Waals surface area contributed by atoms with Crippen molar-refractivity contribution in [3.05, 3.63) is 58.1 Å². The van der Waals surface area contributed by atoms with Crippen LogP contribution in [0, 0.1) is 0 Å². The number of benzene rings is 1. The highest BCUT2D eigenvalue weighted by atomic mass is 32.2. The molecule has 142 valence electrons. The van der Waals surface area contributed by atoms with Crippen molar-refractivity contribution in [1.82, 2.24) is 20.1 Å². The first-order valence-electron chi connectivity index (χ1n) is 8.27. The van der Waals surface area contributed by atoms with Gasteiger partial charge in [-0.05, 0) is 31.0 Å². The van der Waals surface area contributed by atoms with Crippen molar-refractivity contribution in [2.75, 3.05) is 6.54 Å². The van der Waals surface area contributed by atoms with E-state index in [4.69, 9.17) is 5.14 Å². The van der Waals surface area contributed by atoms with Gasteiger partial charge in [-0.1, -0.05) is 12.1 Å². The molecule has 10 heteroatoms. The topological polar surface area (TPSA) is 140 Å². The summed E-state index contributed by atoms with van der Waals surface area (Å²) in [5, 5.41) is 14.2. The van der Waals surface area contributed by atoms with E-state index in [0.717, 1.165) is 5.56 Å². The number of amides is 1. The number of aromatic amines is 1. The summed E-state index contributed by atoms with van der Waals surface area (Å²) in [6.45, 7) is 2.85. The Kier molecular flexibility index (Phi) is 5.10. The highest BCUT2D eigenvalue weighted by Gasteiger charge is 2.20. The van der Waals surface area contributed by atoms with Gasteiger partial charge in [-0.2, -0.15) is 5.10 Å². The standard InChI is InChI=1S/C17H19N5O4S/c1-2-22-9-13(15-14(10-22)17(24)21-20-15)16(23)19-8-7-11-3-5-12(6-4-11)27(18,25)26/h3-6,9-10H,2,7-8H2,1H3,(H,19,23)(H,21,24)(H2,18,25,26). The molecule has 0 saturated heterocycles. The van der Waals surface area contributed by atoms with Crippen molar-refractivity contribution in [1.29, 1.82) is 0 Å². The third-order valence-corrected chi connectivity index (χ3v) is 5.10. The third-order valence-electron chi connectivity index (χ3n) is 4.17. The van der Waals surface area contributed by atoms with Crippen LogP contribution in [-0.2, 0) is 23.0 Å². The summed E-state index contributed by atoms with van der Waals surface area (Å²) in [4.78, 5) is 24.4. The van der Waals surface area contributed by atoms with Crippen LogP contribution in [0.1, 0.15) is 22.8 Å². The zero-order valence-corrected chi connectivity index (χ0v) is 15.4. The molecule has 2 aliphatic rings. The number of nitrogens with one attached hydrogen (secondary N) is 2. The van der Waals surface area contributed by atoms with E-state index in [2.05, 4.69) is 15.5 Å². The minimum atomic E-state index is -3.72. The fourth-order valence-electron chi connectivity index (χ4n) is 2.70. The van der Waals surface area contributed by atoms with Gasteiger partial charge in [-0.15, -0.1) is 0 Å². The van der Waals surface area contributed by atoms with Gasteiger partial charge in [0.05, 0.1) is 16.0 Å². The number of nitrogens with zero attached hydrogens (tertiary/aromatic N) is 2. The average Bonchev–Trinajstić information content (AvgIpc) is 3.01. The summed E-state index contributed by atoms with van der Waals surface area (Å²) < 4.78 is 24.3. The summed E-state index contributed by atoms with van der Waals surface area (Å²) in [6, 6.07) is 6.15. The minimum absolute atomic E-state index is 0.0398. The average molecular weight is 389 g/mol. The summed E-state index contributed by atoms with van der Waals surface area (Å²) in [6.07, 6.45) is 3.82. The molecule has 0 aliphatic carbocycles. The maximum absolute atomic E-state index is 12.5. The van der Waals surface area contributed by atoms with E-state index in [1.165, 1.54) is 12.1 Å². The normalized spacial score (nSPS) is 11.6. The Labute approximate surface area is 155 Å². The largest absolute Gasteiger partial charge is 0.353 e. The molecule has 0 spiro atoms. The molecule has 0 bridgehead atoms. The molecule has 0 fully saturated rings. The second-order valence-electron chi connectivity index (χ2n) is 6.01. The van der Waals surface area contributed by atoms with Crippen LogP contribution in [0.25, 0.3) is 11.3 Å². The van der Waals surface area contributed by atoms with Crippen LogP contribution < -0.4 is 16.0 Å². The molecule has 4 N–H and O–H groups in total. The van der Waals surface area contributed by atoms with Crippen LogP contribution >= 0.6 is 0 Å². The zero-order chi connectivity index (χ0) is 19.6. The van der Waals surface area contributed by atoms with Crippen LogP contribution in [0.3, 0.4) is 0 Å². The number of hydrogen-bond donors (Lipinski definition) is 3. The second-order valence-corrected chi connectivity index (χ2v) is 7.57. The monoisotopic (exact) mass is 389 g/mol. The summed E-state index contributed by atoms with van der Waals surface area (Å²) in [5.41, 5.74) is 1.53. The van der Waals surface area contributed by atoms with Gasteiger partial charge in [0.25, 0.3) is 11.5 Å². The molecule has 0 aromatic heterocycles. The van der Waals surface area contributed by atoms with Crippen molar-refractivity contribution in [3.8, 4) is 11.3 Å². The van der Waals surface area contributed by atoms with Crippen LogP contribution in [0.2, 0.25) is 0 Å². The molecule has 0 radical (unpaired) electrons. The smallest absolute Gasteiger partial charge is 0.275 e.